The average Bonchev–Trinajstić information content (AvgIpc) is 2.81. The quantitative estimate of drug-likeness (QED) is 0.447. The highest BCUT2D eigenvalue weighted by atomic mass is 16.3. The molecule has 1 heterocycles. The highest BCUT2D eigenvalue weighted by Crippen LogP contribution is 2.49. The van der Waals surface area contributed by atoms with E-state index in [1.165, 1.54) is 41.8 Å². The molecule has 0 aromatic heterocycles. The van der Waals surface area contributed by atoms with E-state index in [1.807, 2.05) is 0 Å². The average molecular weight is 452 g/mol. The van der Waals surface area contributed by atoms with Crippen LogP contribution in [-0.4, -0.2) is 38.9 Å². The summed E-state index contributed by atoms with van der Waals surface area (Å²) in [6.45, 7) is 6.71. The summed E-state index contributed by atoms with van der Waals surface area (Å²) in [4.78, 5) is 4.26. The third-order valence-electron chi connectivity index (χ3n) is 7.90. The summed E-state index contributed by atoms with van der Waals surface area (Å²) in [5.74, 6) is 0.244. The Balaban J connectivity index is 1.95. The van der Waals surface area contributed by atoms with Crippen LogP contribution in [0.1, 0.15) is 76.1 Å². The van der Waals surface area contributed by atoms with Crippen molar-refractivity contribution in [3.8, 4) is 0 Å². The summed E-state index contributed by atoms with van der Waals surface area (Å²) in [5.41, 5.74) is 4.18. The number of rotatable bonds is 9. The molecule has 182 valence electrons. The predicted octanol–water partition coefficient (Wildman–Crippen LogP) is 6.18. The lowest BCUT2D eigenvalue weighted by atomic mass is 9.64. The summed E-state index contributed by atoms with van der Waals surface area (Å²) in [5, 5.41) is 16.2. The van der Waals surface area contributed by atoms with Crippen LogP contribution in [-0.2, 0) is 0 Å². The van der Waals surface area contributed by atoms with Crippen molar-refractivity contribution in [3.05, 3.63) is 59.7 Å². The van der Waals surface area contributed by atoms with Crippen molar-refractivity contribution in [1.29, 1.82) is 0 Å². The molecule has 4 nitrogen and oxygen atoms in total. The molecule has 0 unspecified atom stereocenters. The zero-order valence-corrected chi connectivity index (χ0v) is 21.8. The van der Waals surface area contributed by atoms with E-state index in [2.05, 4.69) is 113 Å². The van der Waals surface area contributed by atoms with Crippen LogP contribution in [0.2, 0.25) is 0 Å². The Labute approximate surface area is 202 Å². The van der Waals surface area contributed by atoms with Gasteiger partial charge in [-0.05, 0) is 41.8 Å². The van der Waals surface area contributed by atoms with E-state index in [1.54, 1.807) is 0 Å². The molecule has 33 heavy (non-hydrogen) atoms. The third-order valence-corrected chi connectivity index (χ3v) is 7.90. The van der Waals surface area contributed by atoms with Gasteiger partial charge in [-0.1, -0.05) is 70.7 Å². The van der Waals surface area contributed by atoms with E-state index in [0.29, 0.717) is 0 Å². The number of nitrogens with one attached hydrogen (secondary N) is 1. The molecule has 1 fully saturated rings. The van der Waals surface area contributed by atoms with E-state index in [9.17, 15) is 5.11 Å². The van der Waals surface area contributed by atoms with Crippen LogP contribution in [0.4, 0.5) is 11.4 Å². The van der Waals surface area contributed by atoms with Gasteiger partial charge in [0, 0.05) is 63.5 Å². The molecule has 0 bridgehead atoms. The van der Waals surface area contributed by atoms with Crippen LogP contribution in [0.15, 0.2) is 48.5 Å². The molecule has 0 radical (unpaired) electrons. The Hall–Kier alpha value is -2.04. The molecule has 0 spiro atoms. The first-order valence-corrected chi connectivity index (χ1v) is 12.7. The highest BCUT2D eigenvalue weighted by Gasteiger charge is 2.50. The SMILES string of the molecule is CCCCCCC1(O)[C@H](C)[C@H](c2ccc(N(C)C)cc2)N[C@@H](c2ccc(N(C)C)cc2)[C@H]1C. The summed E-state index contributed by atoms with van der Waals surface area (Å²) < 4.78 is 0. The Kier molecular flexibility index (Phi) is 8.47. The van der Waals surface area contributed by atoms with Gasteiger partial charge >= 0.3 is 0 Å². The summed E-state index contributed by atoms with van der Waals surface area (Å²) in [6.07, 6.45) is 5.58. The molecule has 2 aromatic carbocycles. The lowest BCUT2D eigenvalue weighted by Gasteiger charge is -2.52. The van der Waals surface area contributed by atoms with Crippen molar-refractivity contribution in [2.45, 2.75) is 70.6 Å². The first-order chi connectivity index (χ1) is 15.7. The van der Waals surface area contributed by atoms with E-state index < -0.39 is 5.60 Å². The second-order valence-corrected chi connectivity index (χ2v) is 10.5. The smallest absolute Gasteiger partial charge is 0.0734 e. The summed E-state index contributed by atoms with van der Waals surface area (Å²) in [6, 6.07) is 17.8. The summed E-state index contributed by atoms with van der Waals surface area (Å²) >= 11 is 0. The number of piperidine rings is 1. The molecule has 2 N–H and O–H groups in total. The number of hydrogen-bond acceptors (Lipinski definition) is 4. The van der Waals surface area contributed by atoms with Gasteiger partial charge in [-0.2, -0.15) is 0 Å². The van der Waals surface area contributed by atoms with E-state index >= 15 is 0 Å². The lowest BCUT2D eigenvalue weighted by Crippen LogP contribution is -2.57. The third kappa shape index (κ3) is 5.55. The van der Waals surface area contributed by atoms with Crippen LogP contribution < -0.4 is 15.1 Å². The Bertz CT molecular complexity index is 796. The minimum atomic E-state index is -0.714. The molecule has 0 amide bonds. The number of aliphatic hydroxyl groups is 1. The van der Waals surface area contributed by atoms with Gasteiger partial charge in [-0.3, -0.25) is 0 Å². The van der Waals surface area contributed by atoms with E-state index in [0.717, 1.165) is 12.8 Å². The van der Waals surface area contributed by atoms with Crippen LogP contribution in [0.25, 0.3) is 0 Å². The van der Waals surface area contributed by atoms with Crippen molar-refractivity contribution in [2.24, 2.45) is 11.8 Å². The van der Waals surface area contributed by atoms with Gasteiger partial charge in [0.1, 0.15) is 0 Å². The van der Waals surface area contributed by atoms with Crippen molar-refractivity contribution in [1.82, 2.24) is 5.32 Å². The number of unbranched alkanes of at least 4 members (excludes halogenated alkanes) is 3. The molecule has 3 rings (SSSR count). The number of benzene rings is 2. The second-order valence-electron chi connectivity index (χ2n) is 10.5. The molecular weight excluding hydrogens is 406 g/mol. The number of anilines is 2. The first kappa shape index (κ1) is 25.6. The normalized spacial score (nSPS) is 27.4. The van der Waals surface area contributed by atoms with Gasteiger partial charge in [0.05, 0.1) is 5.60 Å². The molecule has 2 aromatic rings. The maximum atomic E-state index is 12.2. The van der Waals surface area contributed by atoms with Crippen LogP contribution in [0.3, 0.4) is 0 Å². The van der Waals surface area contributed by atoms with Gasteiger partial charge in [-0.15, -0.1) is 0 Å². The maximum Gasteiger partial charge on any atom is 0.0734 e. The Morgan fingerprint density at radius 1 is 0.727 bits per heavy atom. The van der Waals surface area contributed by atoms with Crippen molar-refractivity contribution in [2.75, 3.05) is 38.0 Å². The molecule has 1 aliphatic rings. The van der Waals surface area contributed by atoms with Crippen molar-refractivity contribution in [3.63, 3.8) is 0 Å². The van der Waals surface area contributed by atoms with E-state index in [4.69, 9.17) is 0 Å². The zero-order chi connectivity index (χ0) is 24.2. The van der Waals surface area contributed by atoms with Gasteiger partial charge in [-0.25, -0.2) is 0 Å². The molecule has 0 saturated carbocycles. The van der Waals surface area contributed by atoms with Gasteiger partial charge in [0.2, 0.25) is 0 Å². The predicted molar refractivity (Wildman–Crippen MR) is 142 cm³/mol. The minimum Gasteiger partial charge on any atom is -0.389 e. The molecule has 1 saturated heterocycles. The Morgan fingerprint density at radius 2 is 1.15 bits per heavy atom. The maximum absolute atomic E-state index is 12.2. The molecule has 0 aliphatic carbocycles. The van der Waals surface area contributed by atoms with Crippen LogP contribution >= 0.6 is 0 Å². The van der Waals surface area contributed by atoms with Crippen molar-refractivity contribution < 1.29 is 5.11 Å². The Morgan fingerprint density at radius 3 is 1.52 bits per heavy atom. The van der Waals surface area contributed by atoms with Gasteiger partial charge in [0.15, 0.2) is 0 Å². The molecule has 4 heteroatoms. The molecule has 4 atom stereocenters. The zero-order valence-electron chi connectivity index (χ0n) is 21.8. The first-order valence-electron chi connectivity index (χ1n) is 12.7. The minimum absolute atomic E-state index is 0.104. The lowest BCUT2D eigenvalue weighted by molar-refractivity contribution is -0.117. The van der Waals surface area contributed by atoms with Crippen molar-refractivity contribution >= 4 is 11.4 Å². The fourth-order valence-corrected chi connectivity index (χ4v) is 5.49. The van der Waals surface area contributed by atoms with E-state index in [-0.39, 0.29) is 23.9 Å². The summed E-state index contributed by atoms with van der Waals surface area (Å²) in [7, 11) is 8.28. The fourth-order valence-electron chi connectivity index (χ4n) is 5.49. The molecule has 1 aliphatic heterocycles. The van der Waals surface area contributed by atoms with Gasteiger partial charge in [0.25, 0.3) is 0 Å². The molecular formula is C29H45N3O. The number of nitrogens with zero attached hydrogens (tertiary/aromatic N) is 2. The monoisotopic (exact) mass is 451 g/mol. The standard InChI is InChI=1S/C29H45N3O/c1-8-9-10-11-20-29(33)21(2)27(23-12-16-25(17-13-23)31(4)5)30-28(22(29)3)24-14-18-26(19-15-24)32(6)7/h12-19,21-22,27-28,30,33H,8-11,20H2,1-7H3/t21-,22-,27-,28-/m1/s1. The largest absolute Gasteiger partial charge is 0.389 e. The fraction of sp³-hybridized carbons (Fsp3) is 0.586. The van der Waals surface area contributed by atoms with Crippen LogP contribution in [0, 0.1) is 11.8 Å². The van der Waals surface area contributed by atoms with Gasteiger partial charge < -0.3 is 20.2 Å². The van der Waals surface area contributed by atoms with Crippen LogP contribution in [0.5, 0.6) is 0 Å². The second kappa shape index (κ2) is 10.9. The topological polar surface area (TPSA) is 38.7 Å². The number of hydrogen-bond donors (Lipinski definition) is 2. The highest BCUT2D eigenvalue weighted by molar-refractivity contribution is 5.48.